The Hall–Kier alpha value is -0.570. The minimum Gasteiger partial charge on any atom is -0.460 e. The van der Waals surface area contributed by atoms with Crippen LogP contribution in [0.5, 0.6) is 0 Å². The van der Waals surface area contributed by atoms with E-state index in [9.17, 15) is 4.79 Å². The van der Waals surface area contributed by atoms with Gasteiger partial charge in [-0.2, -0.15) is 0 Å². The van der Waals surface area contributed by atoms with Crippen molar-refractivity contribution in [1.29, 1.82) is 0 Å². The van der Waals surface area contributed by atoms with E-state index in [4.69, 9.17) is 9.47 Å². The maximum atomic E-state index is 11.2. The van der Waals surface area contributed by atoms with Gasteiger partial charge in [0.2, 0.25) is 0 Å². The second kappa shape index (κ2) is 6.02. The van der Waals surface area contributed by atoms with Gasteiger partial charge < -0.3 is 9.47 Å². The van der Waals surface area contributed by atoms with Crippen LogP contribution in [0.2, 0.25) is 0 Å². The molecule has 1 rings (SSSR count). The third kappa shape index (κ3) is 3.29. The maximum Gasteiger partial charge on any atom is 0.305 e. The lowest BCUT2D eigenvalue weighted by molar-refractivity contribution is -0.160. The van der Waals surface area contributed by atoms with Crippen LogP contribution in [-0.4, -0.2) is 24.8 Å². The first-order valence-corrected chi connectivity index (χ1v) is 5.59. The summed E-state index contributed by atoms with van der Waals surface area (Å²) >= 11 is 0. The van der Waals surface area contributed by atoms with Crippen molar-refractivity contribution in [3.8, 4) is 0 Å². The molecule has 0 aromatic rings. The summed E-state index contributed by atoms with van der Waals surface area (Å²) in [6, 6.07) is 0. The largest absolute Gasteiger partial charge is 0.460 e. The minimum absolute atomic E-state index is 0.00356. The van der Waals surface area contributed by atoms with Crippen molar-refractivity contribution in [3.63, 3.8) is 0 Å². The highest BCUT2D eigenvalue weighted by atomic mass is 16.6. The molecule has 1 fully saturated rings. The summed E-state index contributed by atoms with van der Waals surface area (Å²) in [5.74, 6) is -0.110. The molecule has 0 aromatic heterocycles. The van der Waals surface area contributed by atoms with E-state index in [0.717, 1.165) is 19.3 Å². The Morgan fingerprint density at radius 3 is 2.43 bits per heavy atom. The number of hydrogen-bond acceptors (Lipinski definition) is 3. The summed E-state index contributed by atoms with van der Waals surface area (Å²) in [5, 5.41) is 0. The lowest BCUT2D eigenvalue weighted by atomic mass is 9.94. The first-order chi connectivity index (χ1) is 6.77. The molecule has 0 amide bonds. The molecule has 0 unspecified atom stereocenters. The molecule has 1 aliphatic carbocycles. The molecule has 0 spiro atoms. The Kier molecular flexibility index (Phi) is 4.94. The van der Waals surface area contributed by atoms with Crippen LogP contribution in [0.15, 0.2) is 0 Å². The molecule has 82 valence electrons. The van der Waals surface area contributed by atoms with Gasteiger partial charge in [0.1, 0.15) is 6.10 Å². The molecule has 1 aliphatic rings. The van der Waals surface area contributed by atoms with Gasteiger partial charge in [-0.3, -0.25) is 4.79 Å². The van der Waals surface area contributed by atoms with Crippen molar-refractivity contribution in [2.45, 2.75) is 58.2 Å². The van der Waals surface area contributed by atoms with E-state index in [1.807, 2.05) is 13.8 Å². The van der Waals surface area contributed by atoms with Crippen LogP contribution in [0.4, 0.5) is 0 Å². The molecule has 0 radical (unpaired) electrons. The predicted octanol–water partition coefficient (Wildman–Crippen LogP) is 2.29. The smallest absolute Gasteiger partial charge is 0.305 e. The molecule has 0 bridgehead atoms. The summed E-state index contributed by atoms with van der Waals surface area (Å²) < 4.78 is 10.9. The van der Waals surface area contributed by atoms with E-state index in [-0.39, 0.29) is 18.2 Å². The van der Waals surface area contributed by atoms with Crippen molar-refractivity contribution >= 4 is 5.97 Å². The van der Waals surface area contributed by atoms with E-state index < -0.39 is 0 Å². The fourth-order valence-corrected chi connectivity index (χ4v) is 1.85. The lowest BCUT2D eigenvalue weighted by Crippen LogP contribution is -2.36. The van der Waals surface area contributed by atoms with Crippen LogP contribution in [-0.2, 0) is 14.3 Å². The number of ether oxygens (including phenoxy) is 2. The topological polar surface area (TPSA) is 35.5 Å². The van der Waals surface area contributed by atoms with Crippen LogP contribution in [0.3, 0.4) is 0 Å². The van der Waals surface area contributed by atoms with Gasteiger partial charge in [0, 0.05) is 13.0 Å². The molecule has 0 aliphatic heterocycles. The second-order valence-electron chi connectivity index (χ2n) is 3.66. The molecule has 0 aromatic carbocycles. The Bertz CT molecular complexity index is 177. The average molecular weight is 200 g/mol. The SMILES string of the molecule is CCO[C@H]1CCCC[C@@H]1OC(=O)CC. The molecule has 0 saturated heterocycles. The molecule has 0 heterocycles. The number of carbonyl (C=O) groups excluding carboxylic acids is 1. The van der Waals surface area contributed by atoms with Crippen molar-refractivity contribution in [2.75, 3.05) is 6.61 Å². The summed E-state index contributed by atoms with van der Waals surface area (Å²) in [6.45, 7) is 4.50. The summed E-state index contributed by atoms with van der Waals surface area (Å²) in [5.41, 5.74) is 0. The molecule has 3 nitrogen and oxygen atoms in total. The summed E-state index contributed by atoms with van der Waals surface area (Å²) in [4.78, 5) is 11.2. The number of esters is 1. The van der Waals surface area contributed by atoms with Crippen LogP contribution < -0.4 is 0 Å². The van der Waals surface area contributed by atoms with E-state index in [1.54, 1.807) is 0 Å². The standard InChI is InChI=1S/C11H20O3/c1-3-11(12)14-10-8-6-5-7-9(10)13-4-2/h9-10H,3-8H2,1-2H3/t9-,10-/m0/s1. The van der Waals surface area contributed by atoms with Crippen molar-refractivity contribution in [3.05, 3.63) is 0 Å². The fraction of sp³-hybridized carbons (Fsp3) is 0.909. The second-order valence-corrected chi connectivity index (χ2v) is 3.66. The summed E-state index contributed by atoms with van der Waals surface area (Å²) in [6.07, 6.45) is 4.89. The molecule has 3 heteroatoms. The van der Waals surface area contributed by atoms with E-state index >= 15 is 0 Å². The zero-order valence-electron chi connectivity index (χ0n) is 9.12. The zero-order valence-corrected chi connectivity index (χ0v) is 9.12. The molecule has 14 heavy (non-hydrogen) atoms. The van der Waals surface area contributed by atoms with Gasteiger partial charge in [-0.05, 0) is 26.2 Å². The Balaban J connectivity index is 2.41. The highest BCUT2D eigenvalue weighted by molar-refractivity contribution is 5.69. The van der Waals surface area contributed by atoms with Gasteiger partial charge in [0.15, 0.2) is 0 Å². The minimum atomic E-state index is -0.110. The lowest BCUT2D eigenvalue weighted by Gasteiger charge is -2.30. The molecular weight excluding hydrogens is 180 g/mol. The van der Waals surface area contributed by atoms with Crippen LogP contribution >= 0.6 is 0 Å². The van der Waals surface area contributed by atoms with Crippen LogP contribution in [0, 0.1) is 0 Å². The van der Waals surface area contributed by atoms with E-state index in [0.29, 0.717) is 13.0 Å². The van der Waals surface area contributed by atoms with Gasteiger partial charge in [-0.25, -0.2) is 0 Å². The molecular formula is C11H20O3. The van der Waals surface area contributed by atoms with Crippen molar-refractivity contribution in [1.82, 2.24) is 0 Å². The number of carbonyl (C=O) groups is 1. The Morgan fingerprint density at radius 1 is 1.21 bits per heavy atom. The van der Waals surface area contributed by atoms with Crippen molar-refractivity contribution in [2.24, 2.45) is 0 Å². The van der Waals surface area contributed by atoms with Gasteiger partial charge >= 0.3 is 5.97 Å². The van der Waals surface area contributed by atoms with Crippen molar-refractivity contribution < 1.29 is 14.3 Å². The van der Waals surface area contributed by atoms with Gasteiger partial charge in [-0.1, -0.05) is 13.3 Å². The van der Waals surface area contributed by atoms with E-state index in [1.165, 1.54) is 6.42 Å². The highest BCUT2D eigenvalue weighted by Gasteiger charge is 2.28. The fourth-order valence-electron chi connectivity index (χ4n) is 1.85. The average Bonchev–Trinajstić information content (AvgIpc) is 2.21. The monoisotopic (exact) mass is 200 g/mol. The van der Waals surface area contributed by atoms with Gasteiger partial charge in [0.25, 0.3) is 0 Å². The predicted molar refractivity (Wildman–Crippen MR) is 54.1 cm³/mol. The molecule has 1 saturated carbocycles. The Morgan fingerprint density at radius 2 is 1.86 bits per heavy atom. The van der Waals surface area contributed by atoms with Gasteiger partial charge in [0.05, 0.1) is 6.10 Å². The Labute approximate surface area is 85.8 Å². The third-order valence-corrected chi connectivity index (χ3v) is 2.59. The third-order valence-electron chi connectivity index (χ3n) is 2.59. The van der Waals surface area contributed by atoms with Crippen LogP contribution in [0.1, 0.15) is 46.0 Å². The van der Waals surface area contributed by atoms with E-state index in [2.05, 4.69) is 0 Å². The highest BCUT2D eigenvalue weighted by Crippen LogP contribution is 2.24. The molecule has 0 N–H and O–H groups in total. The quantitative estimate of drug-likeness (QED) is 0.653. The van der Waals surface area contributed by atoms with Gasteiger partial charge in [-0.15, -0.1) is 0 Å². The normalized spacial score (nSPS) is 27.3. The zero-order chi connectivity index (χ0) is 10.4. The first-order valence-electron chi connectivity index (χ1n) is 5.59. The first kappa shape index (κ1) is 11.5. The number of rotatable bonds is 4. The summed E-state index contributed by atoms with van der Waals surface area (Å²) in [7, 11) is 0. The van der Waals surface area contributed by atoms with Crippen LogP contribution in [0.25, 0.3) is 0 Å². The molecule has 2 atom stereocenters. The maximum absolute atomic E-state index is 11.2. The number of hydrogen-bond donors (Lipinski definition) is 0.